The van der Waals surface area contributed by atoms with E-state index in [0.29, 0.717) is 5.92 Å². The number of piperidine rings is 1. The summed E-state index contributed by atoms with van der Waals surface area (Å²) in [6.07, 6.45) is 2.72. The predicted octanol–water partition coefficient (Wildman–Crippen LogP) is 3.73. The van der Waals surface area contributed by atoms with E-state index in [1.807, 2.05) is 23.1 Å². The van der Waals surface area contributed by atoms with Gasteiger partial charge in [0.2, 0.25) is 5.91 Å². The zero-order chi connectivity index (χ0) is 17.2. The van der Waals surface area contributed by atoms with Crippen molar-refractivity contribution in [1.82, 2.24) is 9.88 Å². The molecule has 2 aromatic rings. The van der Waals surface area contributed by atoms with E-state index in [0.717, 1.165) is 54.3 Å². The van der Waals surface area contributed by atoms with Gasteiger partial charge in [0.05, 0.1) is 10.7 Å². The molecule has 130 valence electrons. The smallest absolute Gasteiger partial charge is 0.219 e. The zero-order valence-electron chi connectivity index (χ0n) is 14.2. The highest BCUT2D eigenvalue weighted by Crippen LogP contribution is 2.33. The fraction of sp³-hybridized carbons (Fsp3) is 0.421. The number of hydrogen-bond donors (Lipinski definition) is 0. The largest absolute Gasteiger partial charge is 0.387 e. The Morgan fingerprint density at radius 2 is 2.00 bits per heavy atom. The molecule has 1 aromatic carbocycles. The van der Waals surface area contributed by atoms with Crippen molar-refractivity contribution in [3.63, 3.8) is 0 Å². The first kappa shape index (κ1) is 16.3. The summed E-state index contributed by atoms with van der Waals surface area (Å²) in [4.78, 5) is 23.8. The molecule has 0 N–H and O–H groups in total. The number of oxime groups is 1. The van der Waals surface area contributed by atoms with Crippen LogP contribution in [-0.4, -0.2) is 34.6 Å². The predicted molar refractivity (Wildman–Crippen MR) is 97.8 cm³/mol. The maximum Gasteiger partial charge on any atom is 0.219 e. The Balaban J connectivity index is 1.40. The molecule has 2 aliphatic rings. The third-order valence-electron chi connectivity index (χ3n) is 4.95. The lowest BCUT2D eigenvalue weighted by Crippen LogP contribution is -2.36. The van der Waals surface area contributed by atoms with Crippen LogP contribution >= 0.6 is 11.3 Å². The Morgan fingerprint density at radius 1 is 1.24 bits per heavy atom. The fourth-order valence-corrected chi connectivity index (χ4v) is 4.42. The monoisotopic (exact) mass is 355 g/mol. The second-order valence-corrected chi connectivity index (χ2v) is 7.49. The summed E-state index contributed by atoms with van der Waals surface area (Å²) in [5, 5.41) is 7.51. The lowest BCUT2D eigenvalue weighted by atomic mass is 9.97. The number of amides is 1. The number of benzene rings is 1. The van der Waals surface area contributed by atoms with Crippen molar-refractivity contribution in [2.45, 2.75) is 38.2 Å². The van der Waals surface area contributed by atoms with Crippen LogP contribution in [0.5, 0.6) is 0 Å². The Hall–Kier alpha value is -2.21. The molecule has 1 amide bonds. The van der Waals surface area contributed by atoms with Crippen molar-refractivity contribution in [3.8, 4) is 0 Å². The number of hydrogen-bond acceptors (Lipinski definition) is 5. The van der Waals surface area contributed by atoms with Crippen molar-refractivity contribution in [2.24, 2.45) is 5.16 Å². The Kier molecular flexibility index (Phi) is 4.53. The summed E-state index contributed by atoms with van der Waals surface area (Å²) in [5.41, 5.74) is 3.01. The first-order chi connectivity index (χ1) is 12.2. The van der Waals surface area contributed by atoms with E-state index < -0.39 is 0 Å². The molecule has 1 saturated heterocycles. The number of nitrogens with zero attached hydrogens (tertiary/aromatic N) is 3. The molecule has 0 unspecified atom stereocenters. The second-order valence-electron chi connectivity index (χ2n) is 6.60. The van der Waals surface area contributed by atoms with Crippen LogP contribution < -0.4 is 0 Å². The molecular weight excluding hydrogens is 334 g/mol. The van der Waals surface area contributed by atoms with Gasteiger partial charge in [0.1, 0.15) is 5.71 Å². The molecule has 2 aliphatic heterocycles. The van der Waals surface area contributed by atoms with Gasteiger partial charge < -0.3 is 9.74 Å². The minimum atomic E-state index is -0.0137. The van der Waals surface area contributed by atoms with E-state index >= 15 is 0 Å². The topological polar surface area (TPSA) is 54.8 Å². The van der Waals surface area contributed by atoms with Crippen LogP contribution in [0.15, 0.2) is 40.9 Å². The van der Waals surface area contributed by atoms with Crippen LogP contribution in [0.1, 0.15) is 54.5 Å². The summed E-state index contributed by atoms with van der Waals surface area (Å²) < 4.78 is 0. The highest BCUT2D eigenvalue weighted by Gasteiger charge is 2.28. The SMILES string of the molecule is CC(=O)N1CCC(c2nc(C3=NO[C@H](c4ccccc4)C3)cs2)CC1. The summed E-state index contributed by atoms with van der Waals surface area (Å²) in [7, 11) is 0. The molecule has 5 nitrogen and oxygen atoms in total. The van der Waals surface area contributed by atoms with Gasteiger partial charge in [-0.1, -0.05) is 35.5 Å². The zero-order valence-corrected chi connectivity index (χ0v) is 15.0. The normalized spacial score (nSPS) is 21.1. The molecule has 0 radical (unpaired) electrons. The average Bonchev–Trinajstić information content (AvgIpc) is 3.32. The van der Waals surface area contributed by atoms with Gasteiger partial charge in [0, 0.05) is 37.7 Å². The second kappa shape index (κ2) is 6.96. The van der Waals surface area contributed by atoms with Crippen molar-refractivity contribution in [2.75, 3.05) is 13.1 Å². The highest BCUT2D eigenvalue weighted by molar-refractivity contribution is 7.10. The van der Waals surface area contributed by atoms with Crippen molar-refractivity contribution < 1.29 is 9.63 Å². The van der Waals surface area contributed by atoms with Gasteiger partial charge in [-0.05, 0) is 18.4 Å². The number of carbonyl (C=O) groups excluding carboxylic acids is 1. The van der Waals surface area contributed by atoms with Crippen LogP contribution in [0, 0.1) is 0 Å². The Morgan fingerprint density at radius 3 is 2.72 bits per heavy atom. The molecule has 25 heavy (non-hydrogen) atoms. The summed E-state index contributed by atoms with van der Waals surface area (Å²) in [5.74, 6) is 0.616. The fourth-order valence-electron chi connectivity index (χ4n) is 3.42. The van der Waals surface area contributed by atoms with Gasteiger partial charge >= 0.3 is 0 Å². The molecule has 0 saturated carbocycles. The van der Waals surface area contributed by atoms with E-state index in [-0.39, 0.29) is 12.0 Å². The minimum absolute atomic E-state index is 0.0137. The maximum absolute atomic E-state index is 11.5. The van der Waals surface area contributed by atoms with Gasteiger partial charge in [0.15, 0.2) is 6.10 Å². The lowest BCUT2D eigenvalue weighted by Gasteiger charge is -2.30. The molecule has 1 fully saturated rings. The summed E-state index contributed by atoms with van der Waals surface area (Å²) >= 11 is 1.70. The van der Waals surface area contributed by atoms with Crippen LogP contribution in [0.25, 0.3) is 0 Å². The maximum atomic E-state index is 11.5. The van der Waals surface area contributed by atoms with E-state index in [2.05, 4.69) is 22.7 Å². The first-order valence-electron chi connectivity index (χ1n) is 8.69. The number of likely N-dealkylation sites (tertiary alicyclic amines) is 1. The van der Waals surface area contributed by atoms with Gasteiger partial charge in [-0.15, -0.1) is 11.3 Å². The number of thiazole rings is 1. The average molecular weight is 355 g/mol. The quantitative estimate of drug-likeness (QED) is 0.843. The van der Waals surface area contributed by atoms with Crippen LogP contribution in [-0.2, 0) is 9.63 Å². The molecule has 1 aromatic heterocycles. The third kappa shape index (κ3) is 3.44. The lowest BCUT2D eigenvalue weighted by molar-refractivity contribution is -0.129. The molecule has 0 bridgehead atoms. The Labute approximate surface area is 151 Å². The molecule has 6 heteroatoms. The van der Waals surface area contributed by atoms with Crippen molar-refractivity contribution in [1.29, 1.82) is 0 Å². The number of carbonyl (C=O) groups is 1. The number of aromatic nitrogens is 1. The Bertz CT molecular complexity index is 779. The van der Waals surface area contributed by atoms with Gasteiger partial charge in [0.25, 0.3) is 0 Å². The van der Waals surface area contributed by atoms with Gasteiger partial charge in [-0.3, -0.25) is 4.79 Å². The molecule has 1 atom stereocenters. The standard InChI is InChI=1S/C19H21N3O2S/c1-13(23)22-9-7-15(8-10-22)19-20-17(12-25-19)16-11-18(24-21-16)14-5-3-2-4-6-14/h2-6,12,15,18H,7-11H2,1H3/t18-/m0/s1. The minimum Gasteiger partial charge on any atom is -0.387 e. The highest BCUT2D eigenvalue weighted by atomic mass is 32.1. The van der Waals surface area contributed by atoms with E-state index in [1.165, 1.54) is 0 Å². The molecular formula is C19H21N3O2S. The van der Waals surface area contributed by atoms with Crippen molar-refractivity contribution in [3.05, 3.63) is 52.0 Å². The molecule has 3 heterocycles. The van der Waals surface area contributed by atoms with E-state index in [1.54, 1.807) is 18.3 Å². The van der Waals surface area contributed by atoms with Crippen LogP contribution in [0.4, 0.5) is 0 Å². The summed E-state index contributed by atoms with van der Waals surface area (Å²) in [6, 6.07) is 10.2. The van der Waals surface area contributed by atoms with Crippen LogP contribution in [0.2, 0.25) is 0 Å². The van der Waals surface area contributed by atoms with E-state index in [9.17, 15) is 4.79 Å². The first-order valence-corrected chi connectivity index (χ1v) is 9.57. The van der Waals surface area contributed by atoms with E-state index in [4.69, 9.17) is 9.82 Å². The molecule has 4 rings (SSSR count). The summed E-state index contributed by atoms with van der Waals surface area (Å²) in [6.45, 7) is 3.30. The van der Waals surface area contributed by atoms with Crippen LogP contribution in [0.3, 0.4) is 0 Å². The van der Waals surface area contributed by atoms with Gasteiger partial charge in [-0.2, -0.15) is 0 Å². The molecule has 0 aliphatic carbocycles. The molecule has 0 spiro atoms. The third-order valence-corrected chi connectivity index (χ3v) is 5.95. The number of rotatable bonds is 3. The van der Waals surface area contributed by atoms with Crippen molar-refractivity contribution >= 4 is 23.0 Å². The van der Waals surface area contributed by atoms with Gasteiger partial charge in [-0.25, -0.2) is 4.98 Å².